The van der Waals surface area contributed by atoms with E-state index < -0.39 is 8.07 Å². The van der Waals surface area contributed by atoms with Crippen LogP contribution >= 0.6 is 22.6 Å². The highest BCUT2D eigenvalue weighted by Crippen LogP contribution is 2.40. The molecule has 0 bridgehead atoms. The van der Waals surface area contributed by atoms with E-state index in [0.717, 1.165) is 12.2 Å². The van der Waals surface area contributed by atoms with Crippen molar-refractivity contribution in [2.24, 2.45) is 0 Å². The van der Waals surface area contributed by atoms with Crippen molar-refractivity contribution in [3.8, 4) is 17.2 Å². The van der Waals surface area contributed by atoms with Gasteiger partial charge in [0.05, 0.1) is 6.61 Å². The maximum Gasteiger partial charge on any atom is 0.145 e. The Morgan fingerprint density at radius 2 is 1.45 bits per heavy atom. The molecule has 122 valence electrons. The molecule has 22 heavy (non-hydrogen) atoms. The molecule has 1 nitrogen and oxygen atoms in total. The standard InChI is InChI=1S/C19H29IOSi/c1-15(2)22(16(3)4,17(5)6)14-8-7-13-21-19-11-9-18(20)10-12-19/h9-12,15-17H,7,13H2,1-6H3. The second kappa shape index (κ2) is 8.98. The number of benzene rings is 1. The smallest absolute Gasteiger partial charge is 0.145 e. The highest BCUT2D eigenvalue weighted by molar-refractivity contribution is 14.1. The number of hydrogen-bond donors (Lipinski definition) is 0. The Morgan fingerprint density at radius 3 is 1.91 bits per heavy atom. The minimum atomic E-state index is -1.58. The second-order valence-corrected chi connectivity index (χ2v) is 13.6. The zero-order chi connectivity index (χ0) is 16.8. The van der Waals surface area contributed by atoms with Crippen molar-refractivity contribution < 1.29 is 4.74 Å². The van der Waals surface area contributed by atoms with E-state index in [4.69, 9.17) is 4.74 Å². The van der Waals surface area contributed by atoms with Crippen LogP contribution in [0.3, 0.4) is 0 Å². The predicted octanol–water partition coefficient (Wildman–Crippen LogP) is 6.28. The molecule has 0 aliphatic heterocycles. The SMILES string of the molecule is CC(C)[Si](C#CCCOc1ccc(I)cc1)(C(C)C)C(C)C. The fourth-order valence-corrected chi connectivity index (χ4v) is 9.06. The molecule has 0 radical (unpaired) electrons. The quantitative estimate of drug-likeness (QED) is 0.224. The molecule has 1 aromatic carbocycles. The molecule has 0 atom stereocenters. The minimum Gasteiger partial charge on any atom is -0.493 e. The first-order chi connectivity index (χ1) is 10.3. The Labute approximate surface area is 151 Å². The molecule has 0 N–H and O–H groups in total. The summed E-state index contributed by atoms with van der Waals surface area (Å²) in [7, 11) is -1.58. The molecule has 0 aromatic heterocycles. The molecule has 1 aromatic rings. The molecule has 0 saturated heterocycles. The molecule has 0 unspecified atom stereocenters. The van der Waals surface area contributed by atoms with Gasteiger partial charge in [-0.3, -0.25) is 0 Å². The van der Waals surface area contributed by atoms with E-state index in [1.165, 1.54) is 3.57 Å². The second-order valence-electron chi connectivity index (χ2n) is 6.75. The van der Waals surface area contributed by atoms with Crippen LogP contribution in [-0.4, -0.2) is 14.7 Å². The van der Waals surface area contributed by atoms with E-state index in [2.05, 4.69) is 87.7 Å². The molecule has 1 rings (SSSR count). The Bertz CT molecular complexity index is 487. The van der Waals surface area contributed by atoms with Crippen molar-refractivity contribution >= 4 is 30.7 Å². The van der Waals surface area contributed by atoms with Gasteiger partial charge in [0.15, 0.2) is 0 Å². The lowest BCUT2D eigenvalue weighted by atomic mass is 10.3. The number of halogens is 1. The van der Waals surface area contributed by atoms with Crippen LogP contribution in [0.4, 0.5) is 0 Å². The molecule has 0 aliphatic rings. The summed E-state index contributed by atoms with van der Waals surface area (Å²) in [6.45, 7) is 14.8. The first kappa shape index (κ1) is 19.6. The van der Waals surface area contributed by atoms with Gasteiger partial charge in [0.1, 0.15) is 13.8 Å². The zero-order valence-electron chi connectivity index (χ0n) is 14.7. The lowest BCUT2D eigenvalue weighted by molar-refractivity contribution is 0.327. The topological polar surface area (TPSA) is 9.23 Å². The maximum atomic E-state index is 5.77. The monoisotopic (exact) mass is 428 g/mol. The van der Waals surface area contributed by atoms with Gasteiger partial charge in [0.2, 0.25) is 0 Å². The summed E-state index contributed by atoms with van der Waals surface area (Å²) in [4.78, 5) is 0. The largest absolute Gasteiger partial charge is 0.493 e. The van der Waals surface area contributed by atoms with Gasteiger partial charge in [-0.1, -0.05) is 41.5 Å². The average molecular weight is 428 g/mol. The molecule has 0 saturated carbocycles. The Balaban J connectivity index is 2.65. The van der Waals surface area contributed by atoms with Gasteiger partial charge >= 0.3 is 0 Å². The highest BCUT2D eigenvalue weighted by Gasteiger charge is 2.41. The Hall–Kier alpha value is -0.473. The molecule has 3 heteroatoms. The van der Waals surface area contributed by atoms with E-state index in [9.17, 15) is 0 Å². The van der Waals surface area contributed by atoms with Crippen LogP contribution in [0.15, 0.2) is 24.3 Å². The number of ether oxygens (including phenoxy) is 1. The molecular formula is C19H29IOSi. The molecular weight excluding hydrogens is 399 g/mol. The molecule has 0 heterocycles. The van der Waals surface area contributed by atoms with E-state index in [-0.39, 0.29) is 0 Å². The summed E-state index contributed by atoms with van der Waals surface area (Å²) in [6.07, 6.45) is 0.812. The van der Waals surface area contributed by atoms with Crippen molar-refractivity contribution in [3.63, 3.8) is 0 Å². The van der Waals surface area contributed by atoms with Crippen LogP contribution in [0.2, 0.25) is 16.6 Å². The van der Waals surface area contributed by atoms with Crippen molar-refractivity contribution in [1.82, 2.24) is 0 Å². The average Bonchev–Trinajstić information content (AvgIpc) is 2.43. The van der Waals surface area contributed by atoms with Gasteiger partial charge in [-0.25, -0.2) is 0 Å². The maximum absolute atomic E-state index is 5.77. The Kier molecular flexibility index (Phi) is 7.99. The first-order valence-corrected chi connectivity index (χ1v) is 11.5. The van der Waals surface area contributed by atoms with Crippen LogP contribution in [-0.2, 0) is 0 Å². The van der Waals surface area contributed by atoms with Gasteiger partial charge in [0.25, 0.3) is 0 Å². The fraction of sp³-hybridized carbons (Fsp3) is 0.579. The van der Waals surface area contributed by atoms with Gasteiger partial charge in [-0.15, -0.1) is 11.5 Å². The van der Waals surface area contributed by atoms with Crippen molar-refractivity contribution in [2.75, 3.05) is 6.61 Å². The first-order valence-electron chi connectivity index (χ1n) is 8.19. The summed E-state index contributed by atoms with van der Waals surface area (Å²) in [5.74, 6) is 4.37. The molecule has 0 amide bonds. The fourth-order valence-electron chi connectivity index (χ4n) is 3.40. The lowest BCUT2D eigenvalue weighted by Crippen LogP contribution is -2.43. The summed E-state index contributed by atoms with van der Waals surface area (Å²) in [5, 5.41) is 0. The van der Waals surface area contributed by atoms with Gasteiger partial charge < -0.3 is 4.74 Å². The van der Waals surface area contributed by atoms with Gasteiger partial charge in [-0.2, -0.15) is 0 Å². The lowest BCUT2D eigenvalue weighted by Gasteiger charge is -2.38. The van der Waals surface area contributed by atoms with Crippen molar-refractivity contribution in [2.45, 2.75) is 64.6 Å². The van der Waals surface area contributed by atoms with E-state index in [0.29, 0.717) is 23.2 Å². The highest BCUT2D eigenvalue weighted by atomic mass is 127. The van der Waals surface area contributed by atoms with Crippen LogP contribution in [0.5, 0.6) is 5.75 Å². The molecule has 0 fully saturated rings. The Morgan fingerprint density at radius 1 is 0.955 bits per heavy atom. The summed E-state index contributed by atoms with van der Waals surface area (Å²) in [5.41, 5.74) is 5.81. The third-order valence-corrected chi connectivity index (χ3v) is 11.5. The van der Waals surface area contributed by atoms with E-state index >= 15 is 0 Å². The van der Waals surface area contributed by atoms with Gasteiger partial charge in [0, 0.05) is 9.99 Å². The van der Waals surface area contributed by atoms with Crippen LogP contribution in [0.25, 0.3) is 0 Å². The predicted molar refractivity (Wildman–Crippen MR) is 108 cm³/mol. The normalized spacial score (nSPS) is 11.7. The van der Waals surface area contributed by atoms with E-state index in [1.54, 1.807) is 0 Å². The number of rotatable bonds is 6. The minimum absolute atomic E-state index is 0.673. The van der Waals surface area contributed by atoms with Gasteiger partial charge in [-0.05, 0) is 63.5 Å². The van der Waals surface area contributed by atoms with Crippen LogP contribution < -0.4 is 4.74 Å². The van der Waals surface area contributed by atoms with Crippen molar-refractivity contribution in [3.05, 3.63) is 27.8 Å². The van der Waals surface area contributed by atoms with Crippen LogP contribution in [0.1, 0.15) is 48.0 Å². The molecule has 0 aliphatic carbocycles. The third-order valence-electron chi connectivity index (χ3n) is 4.48. The zero-order valence-corrected chi connectivity index (χ0v) is 17.9. The summed E-state index contributed by atoms with van der Waals surface area (Å²) in [6, 6.07) is 8.17. The van der Waals surface area contributed by atoms with Crippen LogP contribution in [0, 0.1) is 15.0 Å². The third kappa shape index (κ3) is 5.02. The summed E-state index contributed by atoms with van der Waals surface area (Å²) < 4.78 is 6.99. The molecule has 0 spiro atoms. The number of hydrogen-bond acceptors (Lipinski definition) is 1. The van der Waals surface area contributed by atoms with Crippen molar-refractivity contribution in [1.29, 1.82) is 0 Å². The summed E-state index contributed by atoms with van der Waals surface area (Å²) >= 11 is 2.30. The van der Waals surface area contributed by atoms with E-state index in [1.807, 2.05) is 12.1 Å².